The summed E-state index contributed by atoms with van der Waals surface area (Å²) in [5.74, 6) is 0.991. The third kappa shape index (κ3) is 6.37. The van der Waals surface area contributed by atoms with E-state index in [0.717, 1.165) is 50.7 Å². The number of aliphatic hydroxyl groups excluding tert-OH is 1. The van der Waals surface area contributed by atoms with Gasteiger partial charge in [-0.15, -0.1) is 0 Å². The summed E-state index contributed by atoms with van der Waals surface area (Å²) in [5.41, 5.74) is 5.75. The third-order valence-corrected chi connectivity index (χ3v) is 6.14. The maximum absolute atomic E-state index is 11.7. The number of hydrogen-bond donors (Lipinski definition) is 2. The van der Waals surface area contributed by atoms with Crippen LogP contribution in [0.3, 0.4) is 0 Å². The molecule has 0 spiro atoms. The summed E-state index contributed by atoms with van der Waals surface area (Å²) in [6, 6.07) is 0. The van der Waals surface area contributed by atoms with Crippen LogP contribution in [0.15, 0.2) is 0 Å². The predicted molar refractivity (Wildman–Crippen MR) is 122 cm³/mol. The molecule has 2 N–H and O–H groups in total. The van der Waals surface area contributed by atoms with Gasteiger partial charge in [0.05, 0.1) is 6.61 Å². The zero-order chi connectivity index (χ0) is 22.5. The molecule has 0 bridgehead atoms. The topological polar surface area (TPSA) is 67.8 Å². The van der Waals surface area contributed by atoms with Gasteiger partial charge in [-0.2, -0.15) is 0 Å². The molecule has 2 rings (SSSR count). The number of carbonyl (C=O) groups is 1. The van der Waals surface area contributed by atoms with Crippen molar-refractivity contribution in [1.29, 1.82) is 0 Å². The van der Waals surface area contributed by atoms with Gasteiger partial charge in [0, 0.05) is 6.54 Å². The van der Waals surface area contributed by atoms with Gasteiger partial charge in [-0.1, -0.05) is 12.8 Å². The summed E-state index contributed by atoms with van der Waals surface area (Å²) in [5, 5.41) is 12.5. The van der Waals surface area contributed by atoms with Crippen LogP contribution in [0.4, 0.5) is 4.79 Å². The minimum Gasteiger partial charge on any atom is -0.485 e. The Kier molecular flexibility index (Phi) is 8.20. The molecule has 0 radical (unpaired) electrons. The van der Waals surface area contributed by atoms with E-state index in [2.05, 4.69) is 26.1 Å². The highest BCUT2D eigenvalue weighted by atomic mass is 16.6. The van der Waals surface area contributed by atoms with Gasteiger partial charge in [0.15, 0.2) is 0 Å². The standard InChI is InChI=1S/C25H41NO4/c1-17-18(2)22-21(13-14-25(7,16-27)29-22)19(3)20(17)12-10-8-9-11-15-26-23(28)30-24(4,5)6/h27H,8-16H2,1-7H3,(H,26,28). The summed E-state index contributed by atoms with van der Waals surface area (Å²) >= 11 is 0. The number of hydrogen-bond acceptors (Lipinski definition) is 4. The molecular weight excluding hydrogens is 378 g/mol. The molecule has 0 saturated heterocycles. The highest BCUT2D eigenvalue weighted by Crippen LogP contribution is 2.41. The van der Waals surface area contributed by atoms with E-state index in [0.29, 0.717) is 6.54 Å². The second kappa shape index (κ2) is 10.0. The number of fused-ring (bicyclic) bond motifs is 1. The van der Waals surface area contributed by atoms with Crippen LogP contribution in [0.5, 0.6) is 5.75 Å². The zero-order valence-corrected chi connectivity index (χ0v) is 20.0. The Morgan fingerprint density at radius 2 is 1.77 bits per heavy atom. The largest absolute Gasteiger partial charge is 0.485 e. The SMILES string of the molecule is Cc1c(C)c2c(c(C)c1CCCCCCNC(=O)OC(C)(C)C)CCC(C)(CO)O2. The van der Waals surface area contributed by atoms with E-state index in [1.807, 2.05) is 27.7 Å². The lowest BCUT2D eigenvalue weighted by Gasteiger charge is -2.37. The summed E-state index contributed by atoms with van der Waals surface area (Å²) in [7, 11) is 0. The molecule has 1 amide bonds. The van der Waals surface area contributed by atoms with Crippen molar-refractivity contribution in [2.45, 2.75) is 105 Å². The number of benzene rings is 1. The number of rotatable bonds is 8. The van der Waals surface area contributed by atoms with Gasteiger partial charge in [-0.25, -0.2) is 4.79 Å². The summed E-state index contributed by atoms with van der Waals surface area (Å²) in [6.07, 6.45) is 6.89. The normalized spacial score (nSPS) is 18.5. The van der Waals surface area contributed by atoms with Crippen LogP contribution in [-0.4, -0.2) is 35.6 Å². The minimum absolute atomic E-state index is 0.0501. The van der Waals surface area contributed by atoms with Crippen LogP contribution in [0, 0.1) is 20.8 Å². The van der Waals surface area contributed by atoms with Gasteiger partial charge in [0.25, 0.3) is 0 Å². The van der Waals surface area contributed by atoms with Crippen LogP contribution in [0.2, 0.25) is 0 Å². The lowest BCUT2D eigenvalue weighted by molar-refractivity contribution is 0.00726. The number of unbranched alkanes of at least 4 members (excludes halogenated alkanes) is 3. The van der Waals surface area contributed by atoms with Crippen molar-refractivity contribution in [3.63, 3.8) is 0 Å². The van der Waals surface area contributed by atoms with E-state index in [4.69, 9.17) is 9.47 Å². The first-order valence-electron chi connectivity index (χ1n) is 11.4. The van der Waals surface area contributed by atoms with Gasteiger partial charge in [0.1, 0.15) is 17.0 Å². The number of amides is 1. The van der Waals surface area contributed by atoms with Gasteiger partial charge in [-0.3, -0.25) is 0 Å². The Hall–Kier alpha value is -1.75. The number of nitrogens with one attached hydrogen (secondary N) is 1. The van der Waals surface area contributed by atoms with Crippen molar-refractivity contribution >= 4 is 6.09 Å². The maximum Gasteiger partial charge on any atom is 0.407 e. The number of alkyl carbamates (subject to hydrolysis) is 1. The van der Waals surface area contributed by atoms with E-state index in [9.17, 15) is 9.90 Å². The zero-order valence-electron chi connectivity index (χ0n) is 20.0. The molecule has 0 fully saturated rings. The van der Waals surface area contributed by atoms with Crippen molar-refractivity contribution in [1.82, 2.24) is 5.32 Å². The second-order valence-electron chi connectivity index (χ2n) is 9.96. The quantitative estimate of drug-likeness (QED) is 0.560. The summed E-state index contributed by atoms with van der Waals surface area (Å²) in [4.78, 5) is 11.7. The van der Waals surface area contributed by atoms with E-state index in [1.165, 1.54) is 27.8 Å². The van der Waals surface area contributed by atoms with Crippen LogP contribution in [0.25, 0.3) is 0 Å². The number of carbonyl (C=O) groups excluding carboxylic acids is 1. The molecule has 0 saturated carbocycles. The Labute approximate surface area is 182 Å². The Morgan fingerprint density at radius 3 is 2.40 bits per heavy atom. The number of ether oxygens (including phenoxy) is 2. The van der Waals surface area contributed by atoms with Crippen LogP contribution in [0.1, 0.15) is 87.6 Å². The Bertz CT molecular complexity index is 751. The first-order chi connectivity index (χ1) is 14.0. The fourth-order valence-electron chi connectivity index (χ4n) is 4.15. The molecule has 1 unspecified atom stereocenters. The fraction of sp³-hybridized carbons (Fsp3) is 0.720. The molecular formula is C25H41NO4. The van der Waals surface area contributed by atoms with Crippen molar-refractivity contribution in [2.24, 2.45) is 0 Å². The molecule has 30 heavy (non-hydrogen) atoms. The highest BCUT2D eigenvalue weighted by Gasteiger charge is 2.33. The summed E-state index contributed by atoms with van der Waals surface area (Å²) in [6.45, 7) is 14.9. The Morgan fingerprint density at radius 1 is 1.10 bits per heavy atom. The fourth-order valence-corrected chi connectivity index (χ4v) is 4.15. The maximum atomic E-state index is 11.7. The molecule has 5 heteroatoms. The second-order valence-corrected chi connectivity index (χ2v) is 9.96. The average molecular weight is 420 g/mol. The van der Waals surface area contributed by atoms with E-state index in [1.54, 1.807) is 0 Å². The molecule has 0 aliphatic carbocycles. The van der Waals surface area contributed by atoms with Crippen molar-refractivity contribution < 1.29 is 19.4 Å². The van der Waals surface area contributed by atoms with Crippen LogP contribution < -0.4 is 10.1 Å². The van der Waals surface area contributed by atoms with Gasteiger partial charge in [-0.05, 0) is 108 Å². The predicted octanol–water partition coefficient (Wildman–Crippen LogP) is 5.32. The van der Waals surface area contributed by atoms with Gasteiger partial charge in [0.2, 0.25) is 0 Å². The van der Waals surface area contributed by atoms with E-state index < -0.39 is 11.2 Å². The number of aliphatic hydroxyl groups is 1. The molecule has 0 aromatic heterocycles. The monoisotopic (exact) mass is 419 g/mol. The lowest BCUT2D eigenvalue weighted by atomic mass is 9.84. The van der Waals surface area contributed by atoms with Crippen molar-refractivity contribution in [3.05, 3.63) is 27.8 Å². The molecule has 1 aliphatic rings. The Balaban J connectivity index is 1.84. The third-order valence-electron chi connectivity index (χ3n) is 6.14. The van der Waals surface area contributed by atoms with Gasteiger partial charge >= 0.3 is 6.09 Å². The molecule has 5 nitrogen and oxygen atoms in total. The van der Waals surface area contributed by atoms with Crippen molar-refractivity contribution in [2.75, 3.05) is 13.2 Å². The van der Waals surface area contributed by atoms with E-state index >= 15 is 0 Å². The van der Waals surface area contributed by atoms with Crippen LogP contribution in [-0.2, 0) is 17.6 Å². The summed E-state index contributed by atoms with van der Waals surface area (Å²) < 4.78 is 11.5. The molecule has 170 valence electrons. The van der Waals surface area contributed by atoms with Crippen LogP contribution >= 0.6 is 0 Å². The van der Waals surface area contributed by atoms with E-state index in [-0.39, 0.29) is 12.7 Å². The smallest absolute Gasteiger partial charge is 0.407 e. The average Bonchev–Trinajstić information content (AvgIpc) is 2.66. The minimum atomic E-state index is -0.467. The lowest BCUT2D eigenvalue weighted by Crippen LogP contribution is -2.40. The molecule has 1 heterocycles. The van der Waals surface area contributed by atoms with Gasteiger partial charge < -0.3 is 19.9 Å². The molecule has 1 aromatic carbocycles. The first kappa shape index (κ1) is 24.5. The molecule has 1 aliphatic heterocycles. The highest BCUT2D eigenvalue weighted by molar-refractivity contribution is 5.67. The van der Waals surface area contributed by atoms with Crippen molar-refractivity contribution in [3.8, 4) is 5.75 Å². The molecule has 1 atom stereocenters. The molecule has 1 aromatic rings. The first-order valence-corrected chi connectivity index (χ1v) is 11.4.